The van der Waals surface area contributed by atoms with Crippen molar-refractivity contribution in [3.63, 3.8) is 0 Å². The molecule has 0 aromatic heterocycles. The smallest absolute Gasteiger partial charge is 0.165 e. The second kappa shape index (κ2) is 5.20. The van der Waals surface area contributed by atoms with E-state index in [4.69, 9.17) is 4.74 Å². The largest absolute Gasteiger partial charge is 0.504 e. The molecule has 4 heteroatoms. The van der Waals surface area contributed by atoms with Gasteiger partial charge >= 0.3 is 0 Å². The van der Waals surface area contributed by atoms with Crippen LogP contribution < -0.4 is 4.74 Å². The molecule has 2 spiro atoms. The number of rotatable bonds is 3. The second-order valence-corrected chi connectivity index (χ2v) is 12.4. The van der Waals surface area contributed by atoms with Crippen LogP contribution in [0.1, 0.15) is 70.4 Å². The molecule has 4 nitrogen and oxygen atoms in total. The first-order chi connectivity index (χ1) is 14.2. The van der Waals surface area contributed by atoms with Crippen LogP contribution in [-0.4, -0.2) is 45.9 Å². The first-order valence-electron chi connectivity index (χ1n) is 12.2. The van der Waals surface area contributed by atoms with Gasteiger partial charge in [0.25, 0.3) is 0 Å². The van der Waals surface area contributed by atoms with E-state index in [0.717, 1.165) is 43.9 Å². The minimum absolute atomic E-state index is 0.00806. The predicted octanol–water partition coefficient (Wildman–Crippen LogP) is 4.01. The Labute approximate surface area is 179 Å². The fraction of sp³-hybridized carbons (Fsp3) is 0.769. The molecular formula is C26H35NO3. The Morgan fingerprint density at radius 1 is 1.20 bits per heavy atom. The third-order valence-electron chi connectivity index (χ3n) is 10.6. The number of phenolic OH excluding ortho intramolecular Hbond substituents is 1. The zero-order chi connectivity index (χ0) is 20.7. The minimum Gasteiger partial charge on any atom is -0.504 e. The Balaban J connectivity index is 1.48. The molecular weight excluding hydrogens is 374 g/mol. The fourth-order valence-corrected chi connectivity index (χ4v) is 9.40. The monoisotopic (exact) mass is 409 g/mol. The van der Waals surface area contributed by atoms with E-state index in [1.807, 2.05) is 19.9 Å². The molecule has 162 valence electrons. The van der Waals surface area contributed by atoms with Gasteiger partial charge in [-0.05, 0) is 88.8 Å². The summed E-state index contributed by atoms with van der Waals surface area (Å²) in [6, 6.07) is 4.58. The summed E-state index contributed by atoms with van der Waals surface area (Å²) in [5, 5.41) is 22.1. The molecule has 6 atom stereocenters. The summed E-state index contributed by atoms with van der Waals surface area (Å²) in [5.74, 6) is 2.21. The van der Waals surface area contributed by atoms with Gasteiger partial charge in [0.15, 0.2) is 11.5 Å². The van der Waals surface area contributed by atoms with Crippen LogP contribution in [0.25, 0.3) is 0 Å². The number of piperidine rings is 1. The van der Waals surface area contributed by atoms with Gasteiger partial charge in [-0.1, -0.05) is 13.0 Å². The number of fused-ring (bicyclic) bond motifs is 2. The van der Waals surface area contributed by atoms with Gasteiger partial charge in [0.1, 0.15) is 6.10 Å². The van der Waals surface area contributed by atoms with Gasteiger partial charge in [-0.2, -0.15) is 0 Å². The number of likely N-dealkylation sites (tertiary alicyclic amines) is 1. The molecule has 2 heterocycles. The number of aromatic hydroxyl groups is 1. The predicted molar refractivity (Wildman–Crippen MR) is 115 cm³/mol. The van der Waals surface area contributed by atoms with Crippen molar-refractivity contribution >= 4 is 0 Å². The molecule has 8 rings (SSSR count). The van der Waals surface area contributed by atoms with Crippen LogP contribution in [0, 0.1) is 22.7 Å². The fourth-order valence-electron chi connectivity index (χ4n) is 9.40. The number of hydrogen-bond donors (Lipinski definition) is 2. The molecule has 1 aromatic carbocycles. The minimum atomic E-state index is -0.722. The number of phenols is 1. The highest BCUT2D eigenvalue weighted by atomic mass is 16.5. The van der Waals surface area contributed by atoms with Gasteiger partial charge in [0.05, 0.1) is 5.60 Å². The average Bonchev–Trinajstić information content (AvgIpc) is 3.42. The summed E-state index contributed by atoms with van der Waals surface area (Å²) >= 11 is 0. The zero-order valence-corrected chi connectivity index (χ0v) is 18.6. The molecule has 5 aliphatic carbocycles. The number of ether oxygens (including phenoxy) is 1. The van der Waals surface area contributed by atoms with Crippen molar-refractivity contribution in [2.45, 2.75) is 88.9 Å². The van der Waals surface area contributed by atoms with Gasteiger partial charge < -0.3 is 14.9 Å². The SMILES string of the molecule is CC(C)(O)[C@H]1C[C@@]23CC[C@]1(C)[C@@H]1Oc4c(O)ccc5c4[C@@]12CCN(CC1CC1)[C@@H]3C5. The molecule has 5 fully saturated rings. The van der Waals surface area contributed by atoms with E-state index in [2.05, 4.69) is 17.9 Å². The molecule has 1 aromatic rings. The van der Waals surface area contributed by atoms with E-state index in [1.54, 1.807) is 0 Å². The van der Waals surface area contributed by atoms with Gasteiger partial charge in [0, 0.05) is 34.4 Å². The van der Waals surface area contributed by atoms with Crippen LogP contribution in [0.2, 0.25) is 0 Å². The van der Waals surface area contributed by atoms with E-state index in [-0.39, 0.29) is 28.3 Å². The third-order valence-corrected chi connectivity index (χ3v) is 10.6. The lowest BCUT2D eigenvalue weighted by Gasteiger charge is -2.75. The number of nitrogens with zero attached hydrogens (tertiary/aromatic N) is 1. The van der Waals surface area contributed by atoms with Crippen LogP contribution in [0.15, 0.2) is 12.1 Å². The summed E-state index contributed by atoms with van der Waals surface area (Å²) in [5.41, 5.74) is 2.14. The van der Waals surface area contributed by atoms with Gasteiger partial charge in [0.2, 0.25) is 0 Å². The van der Waals surface area contributed by atoms with Crippen LogP contribution in [0.4, 0.5) is 0 Å². The van der Waals surface area contributed by atoms with Crippen molar-refractivity contribution in [1.82, 2.24) is 4.90 Å². The van der Waals surface area contributed by atoms with Crippen molar-refractivity contribution in [1.29, 1.82) is 0 Å². The maximum atomic E-state index is 11.3. The first-order valence-corrected chi connectivity index (χ1v) is 12.2. The molecule has 0 unspecified atom stereocenters. The summed E-state index contributed by atoms with van der Waals surface area (Å²) in [6.07, 6.45) is 8.51. The van der Waals surface area contributed by atoms with E-state index >= 15 is 0 Å². The molecule has 7 aliphatic rings. The molecule has 2 N–H and O–H groups in total. The van der Waals surface area contributed by atoms with Crippen molar-refractivity contribution in [2.24, 2.45) is 22.7 Å². The maximum Gasteiger partial charge on any atom is 0.165 e. The Kier molecular flexibility index (Phi) is 3.18. The number of benzene rings is 1. The van der Waals surface area contributed by atoms with Crippen molar-refractivity contribution < 1.29 is 14.9 Å². The highest BCUT2D eigenvalue weighted by Crippen LogP contribution is 2.79. The summed E-state index contributed by atoms with van der Waals surface area (Å²) in [6.45, 7) is 8.80. The highest BCUT2D eigenvalue weighted by Gasteiger charge is 2.80. The van der Waals surface area contributed by atoms with Crippen LogP contribution in [0.3, 0.4) is 0 Å². The Morgan fingerprint density at radius 2 is 2.00 bits per heavy atom. The Morgan fingerprint density at radius 3 is 2.73 bits per heavy atom. The van der Waals surface area contributed by atoms with E-state index in [9.17, 15) is 10.2 Å². The number of aliphatic hydroxyl groups is 1. The average molecular weight is 410 g/mol. The zero-order valence-electron chi connectivity index (χ0n) is 18.6. The van der Waals surface area contributed by atoms with Crippen molar-refractivity contribution in [2.75, 3.05) is 13.1 Å². The maximum absolute atomic E-state index is 11.3. The topological polar surface area (TPSA) is 52.9 Å². The Hall–Kier alpha value is -1.26. The van der Waals surface area contributed by atoms with E-state index in [1.165, 1.54) is 36.9 Å². The van der Waals surface area contributed by atoms with Gasteiger partial charge in [-0.25, -0.2) is 0 Å². The summed E-state index contributed by atoms with van der Waals surface area (Å²) < 4.78 is 6.82. The molecule has 0 amide bonds. The van der Waals surface area contributed by atoms with Crippen LogP contribution >= 0.6 is 0 Å². The van der Waals surface area contributed by atoms with E-state index in [0.29, 0.717) is 11.8 Å². The second-order valence-electron chi connectivity index (χ2n) is 12.4. The standard InChI is InChI=1S/C26H35NO3/c1-23(2,29)18-13-25-9-8-24(18,3)22-26(25)10-11-27(14-15-4-5-15)19(25)12-16-6-7-17(28)21(30-22)20(16)26/h6-7,15,18-19,22,28-29H,4-5,8-14H2,1-3H3/t18-,19-,22+,24+,25-,26+/m1/s1. The molecule has 30 heavy (non-hydrogen) atoms. The van der Waals surface area contributed by atoms with Gasteiger partial charge in [-0.15, -0.1) is 0 Å². The lowest BCUT2D eigenvalue weighted by Crippen LogP contribution is -2.79. The molecule has 4 saturated carbocycles. The normalized spacial score (nSPS) is 45.9. The quantitative estimate of drug-likeness (QED) is 0.792. The molecule has 0 radical (unpaired) electrons. The molecule has 1 saturated heterocycles. The molecule has 2 aliphatic heterocycles. The van der Waals surface area contributed by atoms with Crippen molar-refractivity contribution in [3.05, 3.63) is 23.3 Å². The first kappa shape index (κ1) is 18.3. The highest BCUT2D eigenvalue weighted by molar-refractivity contribution is 5.63. The van der Waals surface area contributed by atoms with Crippen molar-refractivity contribution in [3.8, 4) is 11.5 Å². The lowest BCUT2D eigenvalue weighted by molar-refractivity contribution is -0.260. The van der Waals surface area contributed by atoms with Gasteiger partial charge in [-0.3, -0.25) is 4.90 Å². The third kappa shape index (κ3) is 1.85. The Bertz CT molecular complexity index is 948. The van der Waals surface area contributed by atoms with Crippen LogP contribution in [-0.2, 0) is 11.8 Å². The van der Waals surface area contributed by atoms with E-state index < -0.39 is 5.60 Å². The lowest BCUT2D eigenvalue weighted by atomic mass is 9.32. The number of hydrogen-bond acceptors (Lipinski definition) is 4. The summed E-state index contributed by atoms with van der Waals surface area (Å²) in [7, 11) is 0. The molecule has 4 bridgehead atoms. The van der Waals surface area contributed by atoms with Crippen LogP contribution in [0.5, 0.6) is 11.5 Å². The summed E-state index contributed by atoms with van der Waals surface area (Å²) in [4.78, 5) is 2.84.